The molecule has 6 nitrogen and oxygen atoms in total. The molecule has 2 aromatic carbocycles. The van der Waals surface area contributed by atoms with Crippen molar-refractivity contribution in [2.75, 3.05) is 20.8 Å². The fraction of sp³-hybridized carbons (Fsp3) is 0.222. The molecule has 2 rings (SSSR count). The van der Waals surface area contributed by atoms with Crippen molar-refractivity contribution in [2.24, 2.45) is 0 Å². The molecule has 0 aliphatic rings. The number of ether oxygens (including phenoxy) is 3. The molecular formula is C18H19NO5. The Kier molecular flexibility index (Phi) is 6.19. The molecule has 0 heterocycles. The largest absolute Gasteiger partial charge is 0.496 e. The van der Waals surface area contributed by atoms with Crippen LogP contribution in [0.15, 0.2) is 48.5 Å². The van der Waals surface area contributed by atoms with E-state index in [0.29, 0.717) is 18.0 Å². The monoisotopic (exact) mass is 329 g/mol. The van der Waals surface area contributed by atoms with Gasteiger partial charge in [-0.1, -0.05) is 36.4 Å². The summed E-state index contributed by atoms with van der Waals surface area (Å²) in [7, 11) is 2.89. The van der Waals surface area contributed by atoms with Gasteiger partial charge in [0, 0.05) is 6.54 Å². The Morgan fingerprint density at radius 2 is 1.54 bits per heavy atom. The molecular weight excluding hydrogens is 310 g/mol. The first-order chi connectivity index (χ1) is 11.7. The van der Waals surface area contributed by atoms with Gasteiger partial charge in [-0.25, -0.2) is 4.79 Å². The van der Waals surface area contributed by atoms with E-state index >= 15 is 0 Å². The summed E-state index contributed by atoms with van der Waals surface area (Å²) in [4.78, 5) is 24.0. The van der Waals surface area contributed by atoms with E-state index < -0.39 is 5.97 Å². The van der Waals surface area contributed by atoms with Crippen LogP contribution in [0.3, 0.4) is 0 Å². The second kappa shape index (κ2) is 8.57. The number of hydrogen-bond acceptors (Lipinski definition) is 5. The molecule has 0 spiro atoms. The Morgan fingerprint density at radius 3 is 2.12 bits per heavy atom. The highest BCUT2D eigenvalue weighted by Gasteiger charge is 2.20. The van der Waals surface area contributed by atoms with Crippen LogP contribution >= 0.6 is 0 Å². The van der Waals surface area contributed by atoms with Crippen molar-refractivity contribution in [3.63, 3.8) is 0 Å². The summed E-state index contributed by atoms with van der Waals surface area (Å²) >= 11 is 0. The average molecular weight is 329 g/mol. The molecule has 0 saturated carbocycles. The third-order valence-electron chi connectivity index (χ3n) is 3.30. The van der Waals surface area contributed by atoms with Gasteiger partial charge in [0.15, 0.2) is 6.61 Å². The number of carbonyl (C=O) groups excluding carboxylic acids is 2. The minimum atomic E-state index is -0.681. The molecule has 0 bridgehead atoms. The van der Waals surface area contributed by atoms with Crippen molar-refractivity contribution in [3.8, 4) is 11.5 Å². The third kappa shape index (κ3) is 4.49. The highest BCUT2D eigenvalue weighted by molar-refractivity contribution is 5.96. The second-order valence-electron chi connectivity index (χ2n) is 4.88. The quantitative estimate of drug-likeness (QED) is 0.788. The van der Waals surface area contributed by atoms with Gasteiger partial charge in [-0.05, 0) is 17.7 Å². The molecule has 0 saturated heterocycles. The van der Waals surface area contributed by atoms with Gasteiger partial charge >= 0.3 is 5.97 Å². The molecule has 24 heavy (non-hydrogen) atoms. The molecule has 0 unspecified atom stereocenters. The van der Waals surface area contributed by atoms with Crippen LogP contribution in [0, 0.1) is 0 Å². The summed E-state index contributed by atoms with van der Waals surface area (Å²) in [5.41, 5.74) is 1.11. The highest BCUT2D eigenvalue weighted by Crippen LogP contribution is 2.28. The summed E-state index contributed by atoms with van der Waals surface area (Å²) < 4.78 is 15.3. The number of carbonyl (C=O) groups is 2. The maximum Gasteiger partial charge on any atom is 0.346 e. The van der Waals surface area contributed by atoms with Crippen molar-refractivity contribution in [1.29, 1.82) is 0 Å². The standard InChI is InChI=1S/C18H19NO5/c1-22-14-9-6-10-15(23-2)17(14)18(21)24-12-16(20)19-11-13-7-4-3-5-8-13/h3-10H,11-12H2,1-2H3,(H,19,20). The van der Waals surface area contributed by atoms with Crippen LogP contribution in [-0.4, -0.2) is 32.7 Å². The summed E-state index contributed by atoms with van der Waals surface area (Å²) in [6.07, 6.45) is 0. The van der Waals surface area contributed by atoms with Crippen molar-refractivity contribution in [1.82, 2.24) is 5.32 Å². The van der Waals surface area contributed by atoms with E-state index in [1.54, 1.807) is 18.2 Å². The van der Waals surface area contributed by atoms with E-state index in [1.807, 2.05) is 30.3 Å². The molecule has 1 N–H and O–H groups in total. The zero-order valence-electron chi connectivity index (χ0n) is 13.6. The number of nitrogens with one attached hydrogen (secondary N) is 1. The topological polar surface area (TPSA) is 73.9 Å². The Hall–Kier alpha value is -3.02. The average Bonchev–Trinajstić information content (AvgIpc) is 2.64. The number of rotatable bonds is 7. The zero-order chi connectivity index (χ0) is 17.4. The van der Waals surface area contributed by atoms with E-state index in [0.717, 1.165) is 5.56 Å². The van der Waals surface area contributed by atoms with Gasteiger partial charge in [0.25, 0.3) is 5.91 Å². The molecule has 126 valence electrons. The van der Waals surface area contributed by atoms with Crippen molar-refractivity contribution in [2.45, 2.75) is 6.54 Å². The fourth-order valence-corrected chi connectivity index (χ4v) is 2.10. The number of benzene rings is 2. The van der Waals surface area contributed by atoms with Gasteiger partial charge in [0.2, 0.25) is 0 Å². The molecule has 1 amide bonds. The van der Waals surface area contributed by atoms with E-state index in [4.69, 9.17) is 14.2 Å². The Bertz CT molecular complexity index is 678. The smallest absolute Gasteiger partial charge is 0.346 e. The van der Waals surface area contributed by atoms with Crippen LogP contribution in [0.2, 0.25) is 0 Å². The van der Waals surface area contributed by atoms with Crippen molar-refractivity contribution in [3.05, 3.63) is 59.7 Å². The van der Waals surface area contributed by atoms with E-state index in [1.165, 1.54) is 14.2 Å². The van der Waals surface area contributed by atoms with E-state index in [2.05, 4.69) is 5.32 Å². The third-order valence-corrected chi connectivity index (χ3v) is 3.30. The second-order valence-corrected chi connectivity index (χ2v) is 4.88. The number of esters is 1. The summed E-state index contributed by atoms with van der Waals surface area (Å²) in [6, 6.07) is 14.4. The lowest BCUT2D eigenvalue weighted by Gasteiger charge is -2.12. The SMILES string of the molecule is COc1cccc(OC)c1C(=O)OCC(=O)NCc1ccccc1. The zero-order valence-corrected chi connectivity index (χ0v) is 13.6. The summed E-state index contributed by atoms with van der Waals surface area (Å²) in [6.45, 7) is -0.0118. The van der Waals surface area contributed by atoms with Gasteiger partial charge in [0.1, 0.15) is 17.1 Å². The van der Waals surface area contributed by atoms with E-state index in [-0.39, 0.29) is 18.1 Å². The van der Waals surface area contributed by atoms with Crippen LogP contribution in [0.1, 0.15) is 15.9 Å². The molecule has 6 heteroatoms. The molecule has 0 aliphatic heterocycles. The van der Waals surface area contributed by atoms with Gasteiger partial charge < -0.3 is 19.5 Å². The molecule has 0 atom stereocenters. The highest BCUT2D eigenvalue weighted by atomic mass is 16.5. The minimum Gasteiger partial charge on any atom is -0.496 e. The van der Waals surface area contributed by atoms with Crippen LogP contribution in [0.4, 0.5) is 0 Å². The summed E-state index contributed by atoms with van der Waals surface area (Å²) in [5.74, 6) is -0.423. The first kappa shape index (κ1) is 17.3. The van der Waals surface area contributed by atoms with Crippen molar-refractivity contribution >= 4 is 11.9 Å². The van der Waals surface area contributed by atoms with Crippen LogP contribution in [0.25, 0.3) is 0 Å². The van der Waals surface area contributed by atoms with Crippen LogP contribution in [0.5, 0.6) is 11.5 Å². The molecule has 0 fully saturated rings. The lowest BCUT2D eigenvalue weighted by Crippen LogP contribution is -2.28. The van der Waals surface area contributed by atoms with Crippen LogP contribution < -0.4 is 14.8 Å². The summed E-state index contributed by atoms with van der Waals surface area (Å²) in [5, 5.41) is 2.68. The number of hydrogen-bond donors (Lipinski definition) is 1. The minimum absolute atomic E-state index is 0.151. The molecule has 2 aromatic rings. The molecule has 0 aliphatic carbocycles. The predicted molar refractivity (Wildman–Crippen MR) is 88.1 cm³/mol. The first-order valence-corrected chi connectivity index (χ1v) is 7.34. The van der Waals surface area contributed by atoms with Gasteiger partial charge in [-0.3, -0.25) is 4.79 Å². The Labute approximate surface area is 140 Å². The number of methoxy groups -OCH3 is 2. The number of amides is 1. The first-order valence-electron chi connectivity index (χ1n) is 7.34. The fourth-order valence-electron chi connectivity index (χ4n) is 2.10. The van der Waals surface area contributed by atoms with E-state index in [9.17, 15) is 9.59 Å². The maximum atomic E-state index is 12.2. The lowest BCUT2D eigenvalue weighted by atomic mass is 10.2. The van der Waals surface area contributed by atoms with Crippen molar-refractivity contribution < 1.29 is 23.8 Å². The Balaban J connectivity index is 1.92. The van der Waals surface area contributed by atoms with Crippen LogP contribution in [-0.2, 0) is 16.1 Å². The molecule has 0 aromatic heterocycles. The van der Waals surface area contributed by atoms with Gasteiger partial charge in [-0.15, -0.1) is 0 Å². The normalized spacial score (nSPS) is 9.92. The maximum absolute atomic E-state index is 12.2. The van der Waals surface area contributed by atoms with Gasteiger partial charge in [-0.2, -0.15) is 0 Å². The lowest BCUT2D eigenvalue weighted by molar-refractivity contribution is -0.124. The predicted octanol–water partition coefficient (Wildman–Crippen LogP) is 2.18. The molecule has 0 radical (unpaired) electrons. The Morgan fingerprint density at radius 1 is 0.917 bits per heavy atom. The van der Waals surface area contributed by atoms with Gasteiger partial charge in [0.05, 0.1) is 14.2 Å².